The Hall–Kier alpha value is -1.92. The molecule has 2 N–H and O–H groups in total. The van der Waals surface area contributed by atoms with E-state index in [2.05, 4.69) is 34.4 Å². The van der Waals surface area contributed by atoms with Gasteiger partial charge in [-0.1, -0.05) is 26.7 Å². The second kappa shape index (κ2) is 7.62. The number of nitrogens with one attached hydrogen (secondary N) is 2. The Balaban J connectivity index is 3.03. The summed E-state index contributed by atoms with van der Waals surface area (Å²) in [5, 5.41) is 17.2. The highest BCUT2D eigenvalue weighted by molar-refractivity contribution is 5.60. The van der Waals surface area contributed by atoms with Gasteiger partial charge in [0.2, 0.25) is 11.8 Å². The van der Waals surface area contributed by atoms with E-state index in [9.17, 15) is 10.1 Å². The molecule has 1 aromatic rings. The van der Waals surface area contributed by atoms with Crippen LogP contribution in [0.5, 0.6) is 0 Å². The number of rotatable bonds is 8. The fourth-order valence-corrected chi connectivity index (χ4v) is 1.96. The summed E-state index contributed by atoms with van der Waals surface area (Å²) in [5.74, 6) is 1.19. The molecule has 1 heterocycles. The summed E-state index contributed by atoms with van der Waals surface area (Å²) >= 11 is 0. The number of hydrogen-bond donors (Lipinski definition) is 2. The van der Waals surface area contributed by atoms with Crippen molar-refractivity contribution >= 4 is 17.5 Å². The van der Waals surface area contributed by atoms with Gasteiger partial charge in [-0.25, -0.2) is 4.98 Å². The van der Waals surface area contributed by atoms with Gasteiger partial charge in [0, 0.05) is 13.1 Å². The van der Waals surface area contributed by atoms with Crippen LogP contribution in [0.4, 0.5) is 17.5 Å². The van der Waals surface area contributed by atoms with Gasteiger partial charge in [-0.05, 0) is 19.8 Å². The van der Waals surface area contributed by atoms with E-state index in [4.69, 9.17) is 0 Å². The fourth-order valence-electron chi connectivity index (χ4n) is 1.96. The molecule has 0 saturated heterocycles. The van der Waals surface area contributed by atoms with Gasteiger partial charge in [0.05, 0.1) is 4.92 Å². The molecule has 0 aliphatic heterocycles. The zero-order chi connectivity index (χ0) is 15.1. The summed E-state index contributed by atoms with van der Waals surface area (Å²) in [6, 6.07) is 0. The van der Waals surface area contributed by atoms with E-state index in [1.807, 2.05) is 6.92 Å². The summed E-state index contributed by atoms with van der Waals surface area (Å²) < 4.78 is 0. The fraction of sp³-hybridized carbons (Fsp3) is 0.692. The standard InChI is InChI=1S/C13H23N5O2/c1-5-10(6-2)8-15-12-11(18(19)20)9(4)16-13(17-12)14-7-3/h10H,5-8H2,1-4H3,(H2,14,15,16,17). The number of aromatic nitrogens is 2. The molecule has 7 heteroatoms. The molecular weight excluding hydrogens is 258 g/mol. The first-order valence-corrected chi connectivity index (χ1v) is 7.04. The normalized spacial score (nSPS) is 10.7. The van der Waals surface area contributed by atoms with Crippen LogP contribution in [-0.4, -0.2) is 28.0 Å². The zero-order valence-corrected chi connectivity index (χ0v) is 12.6. The Morgan fingerprint density at radius 3 is 2.35 bits per heavy atom. The topological polar surface area (TPSA) is 93.0 Å². The van der Waals surface area contributed by atoms with Crippen LogP contribution in [0.25, 0.3) is 0 Å². The zero-order valence-electron chi connectivity index (χ0n) is 12.6. The van der Waals surface area contributed by atoms with Crippen LogP contribution in [0, 0.1) is 23.0 Å². The highest BCUT2D eigenvalue weighted by Crippen LogP contribution is 2.27. The summed E-state index contributed by atoms with van der Waals surface area (Å²) in [6.45, 7) is 9.12. The lowest BCUT2D eigenvalue weighted by molar-refractivity contribution is -0.385. The Morgan fingerprint density at radius 1 is 1.20 bits per heavy atom. The third-order valence-electron chi connectivity index (χ3n) is 3.29. The van der Waals surface area contributed by atoms with Gasteiger partial charge in [-0.15, -0.1) is 0 Å². The van der Waals surface area contributed by atoms with Crippen LogP contribution in [0.3, 0.4) is 0 Å². The number of anilines is 2. The van der Waals surface area contributed by atoms with Gasteiger partial charge in [-0.3, -0.25) is 10.1 Å². The number of aryl methyl sites for hydroxylation is 1. The molecule has 1 rings (SSSR count). The first-order valence-electron chi connectivity index (χ1n) is 7.04. The molecule has 0 unspecified atom stereocenters. The monoisotopic (exact) mass is 281 g/mol. The van der Waals surface area contributed by atoms with E-state index in [-0.39, 0.29) is 5.69 Å². The van der Waals surface area contributed by atoms with Crippen molar-refractivity contribution in [2.45, 2.75) is 40.5 Å². The third kappa shape index (κ3) is 4.04. The molecule has 0 bridgehead atoms. The van der Waals surface area contributed by atoms with Gasteiger partial charge in [0.1, 0.15) is 5.69 Å². The van der Waals surface area contributed by atoms with E-state index in [0.29, 0.717) is 36.5 Å². The molecule has 1 aromatic heterocycles. The molecule has 112 valence electrons. The molecule has 0 atom stereocenters. The molecule has 0 aliphatic carbocycles. The van der Waals surface area contributed by atoms with Crippen LogP contribution in [0.1, 0.15) is 39.3 Å². The molecule has 0 radical (unpaired) electrons. The Morgan fingerprint density at radius 2 is 1.85 bits per heavy atom. The lowest BCUT2D eigenvalue weighted by atomic mass is 10.0. The lowest BCUT2D eigenvalue weighted by Gasteiger charge is -2.15. The maximum absolute atomic E-state index is 11.2. The number of nitrogens with zero attached hydrogens (tertiary/aromatic N) is 3. The predicted molar refractivity (Wildman–Crippen MR) is 80.1 cm³/mol. The minimum Gasteiger partial charge on any atom is -0.364 e. The largest absolute Gasteiger partial charge is 0.364 e. The van der Waals surface area contributed by atoms with E-state index in [1.165, 1.54) is 0 Å². The summed E-state index contributed by atoms with van der Waals surface area (Å²) in [5.41, 5.74) is 0.325. The SMILES string of the molecule is CCNc1nc(C)c([N+](=O)[O-])c(NCC(CC)CC)n1. The number of nitro groups is 1. The maximum atomic E-state index is 11.2. The van der Waals surface area contributed by atoms with Gasteiger partial charge < -0.3 is 10.6 Å². The molecule has 20 heavy (non-hydrogen) atoms. The maximum Gasteiger partial charge on any atom is 0.332 e. The van der Waals surface area contributed by atoms with Gasteiger partial charge in [-0.2, -0.15) is 4.98 Å². The van der Waals surface area contributed by atoms with Crippen molar-refractivity contribution in [2.24, 2.45) is 5.92 Å². The van der Waals surface area contributed by atoms with E-state index < -0.39 is 4.92 Å². The molecule has 7 nitrogen and oxygen atoms in total. The molecule has 0 aliphatic rings. The molecule has 0 fully saturated rings. The van der Waals surface area contributed by atoms with Crippen LogP contribution < -0.4 is 10.6 Å². The van der Waals surface area contributed by atoms with Crippen molar-refractivity contribution in [3.63, 3.8) is 0 Å². The Labute approximate surface area is 119 Å². The average molecular weight is 281 g/mol. The van der Waals surface area contributed by atoms with Crippen molar-refractivity contribution in [3.8, 4) is 0 Å². The molecular formula is C13H23N5O2. The second-order valence-electron chi connectivity index (χ2n) is 4.68. The molecule has 0 saturated carbocycles. The molecule has 0 spiro atoms. The summed E-state index contributed by atoms with van der Waals surface area (Å²) in [6.07, 6.45) is 2.06. The smallest absolute Gasteiger partial charge is 0.332 e. The number of hydrogen-bond acceptors (Lipinski definition) is 6. The third-order valence-corrected chi connectivity index (χ3v) is 3.29. The lowest BCUT2D eigenvalue weighted by Crippen LogP contribution is -2.16. The van der Waals surface area contributed by atoms with Crippen LogP contribution in [0.15, 0.2) is 0 Å². The van der Waals surface area contributed by atoms with Gasteiger partial charge in [0.15, 0.2) is 0 Å². The highest BCUT2D eigenvalue weighted by Gasteiger charge is 2.22. The van der Waals surface area contributed by atoms with E-state index in [1.54, 1.807) is 6.92 Å². The first-order chi connectivity index (χ1) is 9.53. The van der Waals surface area contributed by atoms with Gasteiger partial charge >= 0.3 is 5.69 Å². The Kier molecular flexibility index (Phi) is 6.14. The molecule has 0 aromatic carbocycles. The quantitative estimate of drug-likeness (QED) is 0.562. The van der Waals surface area contributed by atoms with Crippen LogP contribution >= 0.6 is 0 Å². The summed E-state index contributed by atoms with van der Waals surface area (Å²) in [7, 11) is 0. The Bertz CT molecular complexity index is 460. The minimum atomic E-state index is -0.430. The average Bonchev–Trinajstić information content (AvgIpc) is 2.39. The van der Waals surface area contributed by atoms with Crippen molar-refractivity contribution in [1.29, 1.82) is 0 Å². The molecule has 0 amide bonds. The second-order valence-corrected chi connectivity index (χ2v) is 4.68. The van der Waals surface area contributed by atoms with Crippen molar-refractivity contribution in [2.75, 3.05) is 23.7 Å². The minimum absolute atomic E-state index is 0.0439. The summed E-state index contributed by atoms with van der Waals surface area (Å²) in [4.78, 5) is 19.0. The van der Waals surface area contributed by atoms with Crippen LogP contribution in [0.2, 0.25) is 0 Å². The highest BCUT2D eigenvalue weighted by atomic mass is 16.6. The van der Waals surface area contributed by atoms with Gasteiger partial charge in [0.25, 0.3) is 0 Å². The van der Waals surface area contributed by atoms with Crippen LogP contribution in [-0.2, 0) is 0 Å². The first kappa shape index (κ1) is 16.1. The van der Waals surface area contributed by atoms with E-state index >= 15 is 0 Å². The van der Waals surface area contributed by atoms with Crippen molar-refractivity contribution in [1.82, 2.24) is 9.97 Å². The predicted octanol–water partition coefficient (Wildman–Crippen LogP) is 2.97. The van der Waals surface area contributed by atoms with Crippen molar-refractivity contribution in [3.05, 3.63) is 15.8 Å². The van der Waals surface area contributed by atoms with Crippen molar-refractivity contribution < 1.29 is 4.92 Å². The van der Waals surface area contributed by atoms with E-state index in [0.717, 1.165) is 12.8 Å².